The molecule has 2 rings (SSSR count). The third kappa shape index (κ3) is 2.50. The number of piperazine rings is 1. The van der Waals surface area contributed by atoms with Crippen molar-refractivity contribution in [3.05, 3.63) is 28.2 Å². The van der Waals surface area contributed by atoms with E-state index in [1.54, 1.807) is 25.1 Å². The number of nitrogens with zero attached hydrogens (tertiary/aromatic N) is 1. The highest BCUT2D eigenvalue weighted by atomic mass is 35.5. The Morgan fingerprint density at radius 2 is 1.75 bits per heavy atom. The highest BCUT2D eigenvalue weighted by Gasteiger charge is 2.41. The van der Waals surface area contributed by atoms with Crippen LogP contribution in [0, 0.1) is 5.92 Å². The molecule has 1 heterocycles. The fourth-order valence-corrected chi connectivity index (χ4v) is 2.85. The molecule has 1 aliphatic rings. The summed E-state index contributed by atoms with van der Waals surface area (Å²) in [6, 6.07) is 3.80. The molecule has 1 aliphatic heterocycles. The van der Waals surface area contributed by atoms with Crippen molar-refractivity contribution >= 4 is 40.7 Å². The molecule has 4 nitrogen and oxygen atoms in total. The minimum Gasteiger partial charge on any atom is -0.342 e. The molecular weight excluding hydrogens is 299 g/mol. The molecule has 2 unspecified atom stereocenters. The number of halogens is 2. The second kappa shape index (κ2) is 5.62. The van der Waals surface area contributed by atoms with Crippen molar-refractivity contribution in [2.45, 2.75) is 32.9 Å². The third-order valence-corrected chi connectivity index (χ3v) is 4.02. The van der Waals surface area contributed by atoms with Crippen LogP contribution in [0.3, 0.4) is 0 Å². The first kappa shape index (κ1) is 15.1. The molecule has 20 heavy (non-hydrogen) atoms. The number of amides is 2. The topological polar surface area (TPSA) is 49.4 Å². The van der Waals surface area contributed by atoms with Crippen LogP contribution in [-0.4, -0.2) is 23.9 Å². The molecule has 1 aromatic rings. The van der Waals surface area contributed by atoms with Gasteiger partial charge < -0.3 is 5.32 Å². The Labute approximate surface area is 128 Å². The molecule has 6 heteroatoms. The van der Waals surface area contributed by atoms with E-state index in [2.05, 4.69) is 5.32 Å². The summed E-state index contributed by atoms with van der Waals surface area (Å²) in [5.74, 6) is -0.413. The molecule has 0 spiro atoms. The molecule has 0 bridgehead atoms. The van der Waals surface area contributed by atoms with E-state index in [9.17, 15) is 9.59 Å². The van der Waals surface area contributed by atoms with Gasteiger partial charge in [-0.1, -0.05) is 43.1 Å². The van der Waals surface area contributed by atoms with Crippen molar-refractivity contribution in [1.29, 1.82) is 0 Å². The highest BCUT2D eigenvalue weighted by Crippen LogP contribution is 2.36. The number of carbonyl (C=O) groups excluding carboxylic acids is 2. The molecule has 108 valence electrons. The summed E-state index contributed by atoms with van der Waals surface area (Å²) in [6.45, 7) is 5.42. The summed E-state index contributed by atoms with van der Waals surface area (Å²) >= 11 is 12.3. The van der Waals surface area contributed by atoms with Crippen LogP contribution >= 0.6 is 23.2 Å². The molecule has 2 amide bonds. The lowest BCUT2D eigenvalue weighted by Crippen LogP contribution is -2.64. The van der Waals surface area contributed by atoms with Gasteiger partial charge in [-0.15, -0.1) is 0 Å². The Kier molecular flexibility index (Phi) is 4.25. The van der Waals surface area contributed by atoms with Gasteiger partial charge in [0.2, 0.25) is 5.91 Å². The van der Waals surface area contributed by atoms with Crippen molar-refractivity contribution in [2.24, 2.45) is 5.92 Å². The second-order valence-corrected chi connectivity index (χ2v) is 6.00. The SMILES string of the molecule is CC(C)C1NC(=O)C(C)N(c2c(Cl)cccc2Cl)C1=O. The van der Waals surface area contributed by atoms with Crippen molar-refractivity contribution in [3.8, 4) is 0 Å². The summed E-state index contributed by atoms with van der Waals surface area (Å²) in [5, 5.41) is 3.45. The monoisotopic (exact) mass is 314 g/mol. The normalized spacial score (nSPS) is 23.2. The van der Waals surface area contributed by atoms with Gasteiger partial charge in [0.25, 0.3) is 5.91 Å². The average Bonchev–Trinajstić information content (AvgIpc) is 2.37. The molecular formula is C14H16Cl2N2O2. The second-order valence-electron chi connectivity index (χ2n) is 5.18. The average molecular weight is 315 g/mol. The van der Waals surface area contributed by atoms with E-state index in [-0.39, 0.29) is 17.7 Å². The minimum absolute atomic E-state index is 0.0114. The Hall–Kier alpha value is -1.26. The maximum Gasteiger partial charge on any atom is 0.250 e. The van der Waals surface area contributed by atoms with Crippen LogP contribution < -0.4 is 10.2 Å². The number of para-hydroxylation sites is 1. The van der Waals surface area contributed by atoms with Crippen molar-refractivity contribution in [1.82, 2.24) is 5.32 Å². The van der Waals surface area contributed by atoms with Gasteiger partial charge in [-0.3, -0.25) is 14.5 Å². The van der Waals surface area contributed by atoms with Gasteiger partial charge in [-0.2, -0.15) is 0 Å². The minimum atomic E-state index is -0.644. The molecule has 1 N–H and O–H groups in total. The lowest BCUT2D eigenvalue weighted by atomic mass is 9.98. The molecule has 1 fully saturated rings. The number of anilines is 1. The Bertz CT molecular complexity index is 540. The summed E-state index contributed by atoms with van der Waals surface area (Å²) in [5.41, 5.74) is 0.397. The van der Waals surface area contributed by atoms with Crippen LogP contribution in [0.5, 0.6) is 0 Å². The first-order chi connectivity index (χ1) is 9.34. The van der Waals surface area contributed by atoms with E-state index in [4.69, 9.17) is 23.2 Å². The summed E-state index contributed by atoms with van der Waals surface area (Å²) in [6.07, 6.45) is 0. The fourth-order valence-electron chi connectivity index (χ4n) is 2.27. The summed E-state index contributed by atoms with van der Waals surface area (Å²) in [7, 11) is 0. The Balaban J connectivity index is 2.52. The van der Waals surface area contributed by atoms with Gasteiger partial charge in [0.1, 0.15) is 12.1 Å². The highest BCUT2D eigenvalue weighted by molar-refractivity contribution is 6.40. The number of hydrogen-bond acceptors (Lipinski definition) is 2. The standard InChI is InChI=1S/C14H16Cl2N2O2/c1-7(2)11-14(20)18(8(3)13(19)17-11)12-9(15)5-4-6-10(12)16/h4-8,11H,1-3H3,(H,17,19). The van der Waals surface area contributed by atoms with Crippen LogP contribution in [0.2, 0.25) is 10.0 Å². The van der Waals surface area contributed by atoms with E-state index >= 15 is 0 Å². The zero-order valence-electron chi connectivity index (χ0n) is 11.5. The predicted octanol–water partition coefficient (Wildman–Crippen LogP) is 2.87. The van der Waals surface area contributed by atoms with E-state index in [1.165, 1.54) is 4.90 Å². The van der Waals surface area contributed by atoms with Crippen LogP contribution in [0.1, 0.15) is 20.8 Å². The van der Waals surface area contributed by atoms with E-state index in [1.807, 2.05) is 13.8 Å². The first-order valence-corrected chi connectivity index (χ1v) is 7.17. The predicted molar refractivity (Wildman–Crippen MR) is 80.2 cm³/mol. The van der Waals surface area contributed by atoms with Crippen LogP contribution in [0.25, 0.3) is 0 Å². The fraction of sp³-hybridized carbons (Fsp3) is 0.429. The summed E-state index contributed by atoms with van der Waals surface area (Å²) in [4.78, 5) is 26.1. The number of carbonyl (C=O) groups is 2. The maximum absolute atomic E-state index is 12.6. The Morgan fingerprint density at radius 1 is 1.20 bits per heavy atom. The molecule has 0 radical (unpaired) electrons. The lowest BCUT2D eigenvalue weighted by Gasteiger charge is -2.39. The smallest absolute Gasteiger partial charge is 0.250 e. The zero-order valence-corrected chi connectivity index (χ0v) is 13.0. The molecule has 0 saturated carbocycles. The third-order valence-electron chi connectivity index (χ3n) is 3.41. The summed E-state index contributed by atoms with van der Waals surface area (Å²) < 4.78 is 0. The van der Waals surface area contributed by atoms with E-state index in [0.717, 1.165) is 0 Å². The molecule has 1 saturated heterocycles. The van der Waals surface area contributed by atoms with Gasteiger partial charge in [-0.25, -0.2) is 0 Å². The largest absolute Gasteiger partial charge is 0.342 e. The molecule has 2 atom stereocenters. The maximum atomic E-state index is 12.6. The van der Waals surface area contributed by atoms with E-state index in [0.29, 0.717) is 15.7 Å². The van der Waals surface area contributed by atoms with Gasteiger partial charge in [0.05, 0.1) is 15.7 Å². The van der Waals surface area contributed by atoms with Crippen LogP contribution in [-0.2, 0) is 9.59 Å². The lowest BCUT2D eigenvalue weighted by molar-refractivity contribution is -0.134. The van der Waals surface area contributed by atoms with Crippen molar-refractivity contribution < 1.29 is 9.59 Å². The molecule has 0 aromatic heterocycles. The van der Waals surface area contributed by atoms with Gasteiger partial charge >= 0.3 is 0 Å². The number of hydrogen-bond donors (Lipinski definition) is 1. The quantitative estimate of drug-likeness (QED) is 0.912. The van der Waals surface area contributed by atoms with Gasteiger partial charge in [0.15, 0.2) is 0 Å². The van der Waals surface area contributed by atoms with Gasteiger partial charge in [-0.05, 0) is 25.0 Å². The van der Waals surface area contributed by atoms with Gasteiger partial charge in [0, 0.05) is 0 Å². The van der Waals surface area contributed by atoms with Crippen molar-refractivity contribution in [3.63, 3.8) is 0 Å². The number of benzene rings is 1. The molecule has 1 aromatic carbocycles. The number of nitrogens with one attached hydrogen (secondary N) is 1. The van der Waals surface area contributed by atoms with Crippen molar-refractivity contribution in [2.75, 3.05) is 4.90 Å². The number of rotatable bonds is 2. The van der Waals surface area contributed by atoms with Crippen LogP contribution in [0.15, 0.2) is 18.2 Å². The zero-order chi connectivity index (χ0) is 15.0. The first-order valence-electron chi connectivity index (χ1n) is 6.42. The van der Waals surface area contributed by atoms with E-state index < -0.39 is 12.1 Å². The Morgan fingerprint density at radius 3 is 2.25 bits per heavy atom. The van der Waals surface area contributed by atoms with Crippen LogP contribution in [0.4, 0.5) is 5.69 Å². The molecule has 0 aliphatic carbocycles.